The van der Waals surface area contributed by atoms with Gasteiger partial charge in [-0.3, -0.25) is 9.59 Å². The molecule has 1 amide bonds. The molecule has 2 atom stereocenters. The molecule has 2 aliphatic heterocycles. The summed E-state index contributed by atoms with van der Waals surface area (Å²) in [4.78, 5) is 30.7. The number of hydrogen-bond donors (Lipinski definition) is 1. The van der Waals surface area contributed by atoms with Gasteiger partial charge in [0.2, 0.25) is 5.91 Å². The van der Waals surface area contributed by atoms with Crippen molar-refractivity contribution in [2.75, 3.05) is 24.6 Å². The van der Waals surface area contributed by atoms with E-state index >= 15 is 0 Å². The molecule has 0 aliphatic carbocycles. The zero-order valence-electron chi connectivity index (χ0n) is 14.2. The molecule has 0 radical (unpaired) electrons. The van der Waals surface area contributed by atoms with Crippen LogP contribution in [0.4, 0.5) is 5.82 Å². The quantitative estimate of drug-likeness (QED) is 0.882. The molecule has 2 aliphatic rings. The van der Waals surface area contributed by atoms with Gasteiger partial charge in [-0.05, 0) is 32.1 Å². The standard InChI is InChI=1S/C17H26N4O3/c1-20-9-7-18-16(17(20)23)21-8-4-5-13(12-21)19-15(22)11-14-6-2-3-10-24-14/h7,9,13-14H,2-6,8,10-12H2,1H3,(H,19,22)/t13-,14+/m0/s1. The average Bonchev–Trinajstić information content (AvgIpc) is 2.58. The fraction of sp³-hybridized carbons (Fsp3) is 0.706. The first-order valence-electron chi connectivity index (χ1n) is 8.81. The minimum absolute atomic E-state index is 0.0441. The number of carbonyl (C=O) groups excluding carboxylic acids is 1. The van der Waals surface area contributed by atoms with Gasteiger partial charge in [-0.1, -0.05) is 0 Å². The average molecular weight is 334 g/mol. The molecule has 0 aromatic carbocycles. The molecule has 0 spiro atoms. The Labute approximate surface area is 142 Å². The van der Waals surface area contributed by atoms with Crippen LogP contribution in [0.5, 0.6) is 0 Å². The first-order valence-corrected chi connectivity index (χ1v) is 8.81. The van der Waals surface area contributed by atoms with Crippen molar-refractivity contribution < 1.29 is 9.53 Å². The number of nitrogens with one attached hydrogen (secondary N) is 1. The van der Waals surface area contributed by atoms with E-state index in [1.54, 1.807) is 19.4 Å². The Morgan fingerprint density at radius 1 is 1.38 bits per heavy atom. The smallest absolute Gasteiger partial charge is 0.293 e. The van der Waals surface area contributed by atoms with Crippen molar-refractivity contribution in [1.82, 2.24) is 14.9 Å². The fourth-order valence-electron chi connectivity index (χ4n) is 3.45. The highest BCUT2D eigenvalue weighted by Gasteiger charge is 2.25. The minimum atomic E-state index is -0.0971. The maximum Gasteiger partial charge on any atom is 0.293 e. The molecule has 3 rings (SSSR count). The summed E-state index contributed by atoms with van der Waals surface area (Å²) in [6.07, 6.45) is 8.84. The van der Waals surface area contributed by atoms with Gasteiger partial charge < -0.3 is 19.5 Å². The van der Waals surface area contributed by atoms with Crippen molar-refractivity contribution in [3.63, 3.8) is 0 Å². The van der Waals surface area contributed by atoms with E-state index in [0.717, 1.165) is 45.3 Å². The molecule has 0 bridgehead atoms. The van der Waals surface area contributed by atoms with E-state index in [1.807, 2.05) is 4.90 Å². The second-order valence-corrected chi connectivity index (χ2v) is 6.71. The van der Waals surface area contributed by atoms with Gasteiger partial charge in [-0.15, -0.1) is 0 Å². The lowest BCUT2D eigenvalue weighted by Gasteiger charge is -2.34. The SMILES string of the molecule is Cn1ccnc(N2CCC[C@H](NC(=O)C[C@H]3CCCCO3)C2)c1=O. The number of piperidine rings is 1. The van der Waals surface area contributed by atoms with Crippen LogP contribution in [0.1, 0.15) is 38.5 Å². The van der Waals surface area contributed by atoms with Crippen molar-refractivity contribution in [3.05, 3.63) is 22.7 Å². The molecule has 1 aromatic heterocycles. The molecule has 0 unspecified atom stereocenters. The van der Waals surface area contributed by atoms with Gasteiger partial charge in [-0.2, -0.15) is 0 Å². The molecule has 7 nitrogen and oxygen atoms in total. The molecule has 1 N–H and O–H groups in total. The second-order valence-electron chi connectivity index (χ2n) is 6.71. The molecular weight excluding hydrogens is 308 g/mol. The summed E-state index contributed by atoms with van der Waals surface area (Å²) < 4.78 is 7.16. The van der Waals surface area contributed by atoms with Crippen molar-refractivity contribution in [2.24, 2.45) is 7.05 Å². The molecule has 1 aromatic rings. The van der Waals surface area contributed by atoms with Crippen LogP contribution in [0.2, 0.25) is 0 Å². The van der Waals surface area contributed by atoms with E-state index < -0.39 is 0 Å². The lowest BCUT2D eigenvalue weighted by atomic mass is 10.0. The van der Waals surface area contributed by atoms with Crippen molar-refractivity contribution >= 4 is 11.7 Å². The molecule has 0 saturated carbocycles. The Balaban J connectivity index is 1.56. The highest BCUT2D eigenvalue weighted by molar-refractivity contribution is 5.76. The van der Waals surface area contributed by atoms with Crippen molar-refractivity contribution in [2.45, 2.75) is 50.7 Å². The zero-order chi connectivity index (χ0) is 16.9. The van der Waals surface area contributed by atoms with Gasteiger partial charge >= 0.3 is 0 Å². The van der Waals surface area contributed by atoms with E-state index in [1.165, 1.54) is 4.57 Å². The third-order valence-electron chi connectivity index (χ3n) is 4.77. The Morgan fingerprint density at radius 2 is 2.25 bits per heavy atom. The number of carbonyl (C=O) groups is 1. The normalized spacial score (nSPS) is 24.6. The van der Waals surface area contributed by atoms with Gasteiger partial charge in [0, 0.05) is 45.2 Å². The lowest BCUT2D eigenvalue weighted by molar-refractivity contribution is -0.125. The number of aromatic nitrogens is 2. The summed E-state index contributed by atoms with van der Waals surface area (Å²) in [6.45, 7) is 2.19. The third-order valence-corrected chi connectivity index (χ3v) is 4.77. The maximum absolute atomic E-state index is 12.3. The van der Waals surface area contributed by atoms with E-state index in [0.29, 0.717) is 18.8 Å². The zero-order valence-corrected chi connectivity index (χ0v) is 14.2. The summed E-state index contributed by atoms with van der Waals surface area (Å²) in [6, 6.07) is 0.0570. The molecular formula is C17H26N4O3. The maximum atomic E-state index is 12.3. The van der Waals surface area contributed by atoms with Crippen LogP contribution in [-0.2, 0) is 16.6 Å². The summed E-state index contributed by atoms with van der Waals surface area (Å²) in [5, 5.41) is 3.10. The summed E-state index contributed by atoms with van der Waals surface area (Å²) >= 11 is 0. The van der Waals surface area contributed by atoms with Crippen LogP contribution in [0.25, 0.3) is 0 Å². The van der Waals surface area contributed by atoms with Gasteiger partial charge in [0.15, 0.2) is 5.82 Å². The van der Waals surface area contributed by atoms with Gasteiger partial charge in [0.25, 0.3) is 5.56 Å². The number of ether oxygens (including phenoxy) is 1. The third kappa shape index (κ3) is 4.14. The number of aryl methyl sites for hydroxylation is 1. The number of hydrogen-bond acceptors (Lipinski definition) is 5. The molecule has 3 heterocycles. The van der Waals surface area contributed by atoms with Gasteiger partial charge in [-0.25, -0.2) is 4.98 Å². The number of anilines is 1. The van der Waals surface area contributed by atoms with Crippen molar-refractivity contribution in [3.8, 4) is 0 Å². The Bertz CT molecular complexity index is 625. The second kappa shape index (κ2) is 7.79. The molecule has 2 saturated heterocycles. The van der Waals surface area contributed by atoms with E-state index in [4.69, 9.17) is 4.74 Å². The predicted molar refractivity (Wildman–Crippen MR) is 91.1 cm³/mol. The van der Waals surface area contributed by atoms with E-state index in [-0.39, 0.29) is 23.6 Å². The summed E-state index contributed by atoms with van der Waals surface area (Å²) in [7, 11) is 1.72. The van der Waals surface area contributed by atoms with Crippen LogP contribution in [0.3, 0.4) is 0 Å². The first-order chi connectivity index (χ1) is 11.6. The van der Waals surface area contributed by atoms with Crippen LogP contribution >= 0.6 is 0 Å². The fourth-order valence-corrected chi connectivity index (χ4v) is 3.45. The highest BCUT2D eigenvalue weighted by atomic mass is 16.5. The van der Waals surface area contributed by atoms with Gasteiger partial charge in [0.05, 0.1) is 12.5 Å². The molecule has 24 heavy (non-hydrogen) atoms. The Kier molecular flexibility index (Phi) is 5.50. The monoisotopic (exact) mass is 334 g/mol. The Hall–Kier alpha value is -1.89. The molecule has 2 fully saturated rings. The first kappa shape index (κ1) is 17.0. The molecule has 7 heteroatoms. The van der Waals surface area contributed by atoms with Crippen LogP contribution in [0, 0.1) is 0 Å². The largest absolute Gasteiger partial charge is 0.378 e. The van der Waals surface area contributed by atoms with Crippen molar-refractivity contribution in [1.29, 1.82) is 0 Å². The topological polar surface area (TPSA) is 76.5 Å². The molecule has 132 valence electrons. The van der Waals surface area contributed by atoms with E-state index in [9.17, 15) is 9.59 Å². The number of nitrogens with zero attached hydrogens (tertiary/aromatic N) is 3. The Morgan fingerprint density at radius 3 is 3.04 bits per heavy atom. The number of amides is 1. The number of rotatable bonds is 4. The van der Waals surface area contributed by atoms with Crippen LogP contribution in [-0.4, -0.2) is 47.3 Å². The summed E-state index contributed by atoms with van der Waals surface area (Å²) in [5.41, 5.74) is -0.0971. The van der Waals surface area contributed by atoms with Crippen LogP contribution < -0.4 is 15.8 Å². The summed E-state index contributed by atoms with van der Waals surface area (Å²) in [5.74, 6) is 0.511. The van der Waals surface area contributed by atoms with Crippen LogP contribution in [0.15, 0.2) is 17.2 Å². The van der Waals surface area contributed by atoms with Gasteiger partial charge in [0.1, 0.15) is 0 Å². The highest BCUT2D eigenvalue weighted by Crippen LogP contribution is 2.17. The minimum Gasteiger partial charge on any atom is -0.378 e. The predicted octanol–water partition coefficient (Wildman–Crippen LogP) is 0.825. The lowest BCUT2D eigenvalue weighted by Crippen LogP contribution is -2.50. The van der Waals surface area contributed by atoms with E-state index in [2.05, 4.69) is 10.3 Å².